The van der Waals surface area contributed by atoms with Gasteiger partial charge in [0.1, 0.15) is 5.75 Å². The molecule has 0 unspecified atom stereocenters. The van der Waals surface area contributed by atoms with E-state index in [0.29, 0.717) is 0 Å². The molecular weight excluding hydrogens is 202 g/mol. The van der Waals surface area contributed by atoms with Crippen molar-refractivity contribution in [3.63, 3.8) is 0 Å². The molecule has 0 radical (unpaired) electrons. The number of rotatable bonds is 3. The Balaban J connectivity index is 2.98. The SMILES string of the molecule is O=C(Cl)c1ccccc1OC(F)F. The van der Waals surface area contributed by atoms with Crippen LogP contribution in [-0.4, -0.2) is 11.9 Å². The van der Waals surface area contributed by atoms with Gasteiger partial charge in [-0.1, -0.05) is 12.1 Å². The van der Waals surface area contributed by atoms with Crippen molar-refractivity contribution in [1.29, 1.82) is 0 Å². The van der Waals surface area contributed by atoms with Crippen molar-refractivity contribution < 1.29 is 18.3 Å². The smallest absolute Gasteiger partial charge is 0.387 e. The maximum absolute atomic E-state index is 11.8. The van der Waals surface area contributed by atoms with Crippen molar-refractivity contribution in [2.24, 2.45) is 0 Å². The Bertz CT molecular complexity index is 315. The average Bonchev–Trinajstić information content (AvgIpc) is 2.03. The number of ether oxygens (including phenoxy) is 1. The van der Waals surface area contributed by atoms with Crippen LogP contribution < -0.4 is 4.74 Å². The van der Waals surface area contributed by atoms with E-state index in [1.807, 2.05) is 0 Å². The molecule has 5 heteroatoms. The highest BCUT2D eigenvalue weighted by molar-refractivity contribution is 6.68. The van der Waals surface area contributed by atoms with Crippen LogP contribution in [0.25, 0.3) is 0 Å². The van der Waals surface area contributed by atoms with Crippen LogP contribution in [0, 0.1) is 0 Å². The lowest BCUT2D eigenvalue weighted by molar-refractivity contribution is -0.0500. The molecule has 0 aliphatic carbocycles. The van der Waals surface area contributed by atoms with Crippen molar-refractivity contribution in [2.45, 2.75) is 6.61 Å². The van der Waals surface area contributed by atoms with Crippen LogP contribution in [-0.2, 0) is 0 Å². The number of carbonyl (C=O) groups is 1. The largest absolute Gasteiger partial charge is 0.434 e. The summed E-state index contributed by atoms with van der Waals surface area (Å²) >= 11 is 5.13. The highest BCUT2D eigenvalue weighted by Gasteiger charge is 2.12. The fourth-order valence-corrected chi connectivity index (χ4v) is 0.984. The van der Waals surface area contributed by atoms with E-state index < -0.39 is 11.9 Å². The van der Waals surface area contributed by atoms with Crippen molar-refractivity contribution >= 4 is 16.8 Å². The number of benzene rings is 1. The molecule has 0 aliphatic heterocycles. The summed E-state index contributed by atoms with van der Waals surface area (Å²) in [5, 5.41) is -0.823. The van der Waals surface area contributed by atoms with E-state index in [0.717, 1.165) is 0 Å². The molecule has 1 aromatic carbocycles. The predicted molar refractivity (Wildman–Crippen MR) is 43.3 cm³/mol. The van der Waals surface area contributed by atoms with Gasteiger partial charge in [-0.3, -0.25) is 4.79 Å². The lowest BCUT2D eigenvalue weighted by atomic mass is 10.2. The summed E-state index contributed by atoms with van der Waals surface area (Å²) in [5.74, 6) is -0.211. The maximum atomic E-state index is 11.8. The molecule has 0 spiro atoms. The van der Waals surface area contributed by atoms with Gasteiger partial charge in [0.2, 0.25) is 0 Å². The predicted octanol–water partition coefficient (Wildman–Crippen LogP) is 2.67. The topological polar surface area (TPSA) is 26.3 Å². The third-order valence-electron chi connectivity index (χ3n) is 1.31. The van der Waals surface area contributed by atoms with Crippen LogP contribution in [0.2, 0.25) is 0 Å². The second kappa shape index (κ2) is 4.18. The van der Waals surface area contributed by atoms with E-state index in [1.165, 1.54) is 24.3 Å². The minimum Gasteiger partial charge on any atom is -0.434 e. The highest BCUT2D eigenvalue weighted by Crippen LogP contribution is 2.21. The highest BCUT2D eigenvalue weighted by atomic mass is 35.5. The molecule has 0 N–H and O–H groups in total. The van der Waals surface area contributed by atoms with E-state index in [4.69, 9.17) is 11.6 Å². The van der Waals surface area contributed by atoms with Crippen LogP contribution >= 0.6 is 11.6 Å². The molecule has 0 amide bonds. The molecule has 1 aromatic rings. The molecule has 0 bridgehead atoms. The molecule has 0 fully saturated rings. The van der Waals surface area contributed by atoms with E-state index in [-0.39, 0.29) is 11.3 Å². The monoisotopic (exact) mass is 206 g/mol. The first-order valence-electron chi connectivity index (χ1n) is 3.35. The summed E-state index contributed by atoms with van der Waals surface area (Å²) in [4.78, 5) is 10.7. The van der Waals surface area contributed by atoms with E-state index in [1.54, 1.807) is 0 Å². The maximum Gasteiger partial charge on any atom is 0.387 e. The second-order valence-corrected chi connectivity index (χ2v) is 2.49. The van der Waals surface area contributed by atoms with Crippen molar-refractivity contribution in [1.82, 2.24) is 0 Å². The molecule has 13 heavy (non-hydrogen) atoms. The van der Waals surface area contributed by atoms with E-state index in [9.17, 15) is 13.6 Å². The van der Waals surface area contributed by atoms with Gasteiger partial charge in [-0.15, -0.1) is 0 Å². The van der Waals surface area contributed by atoms with Crippen LogP contribution in [0.3, 0.4) is 0 Å². The third kappa shape index (κ3) is 2.66. The first-order valence-corrected chi connectivity index (χ1v) is 3.72. The quantitative estimate of drug-likeness (QED) is 0.711. The summed E-state index contributed by atoms with van der Waals surface area (Å²) in [7, 11) is 0. The van der Waals surface area contributed by atoms with Gasteiger partial charge in [0, 0.05) is 0 Å². The lowest BCUT2D eigenvalue weighted by Gasteiger charge is -2.06. The molecule has 0 heterocycles. The Hall–Kier alpha value is -1.16. The van der Waals surface area contributed by atoms with E-state index in [2.05, 4.69) is 4.74 Å². The summed E-state index contributed by atoms with van der Waals surface area (Å²) in [5.41, 5.74) is -0.0653. The van der Waals surface area contributed by atoms with Crippen molar-refractivity contribution in [2.75, 3.05) is 0 Å². The number of hydrogen-bond acceptors (Lipinski definition) is 2. The van der Waals surface area contributed by atoms with Crippen LogP contribution in [0.5, 0.6) is 5.75 Å². The Kier molecular flexibility index (Phi) is 3.19. The Morgan fingerprint density at radius 1 is 1.38 bits per heavy atom. The van der Waals surface area contributed by atoms with Gasteiger partial charge >= 0.3 is 6.61 Å². The summed E-state index contributed by atoms with van der Waals surface area (Å²) in [6, 6.07) is 5.55. The first kappa shape index (κ1) is 9.92. The average molecular weight is 207 g/mol. The fourth-order valence-electron chi connectivity index (χ4n) is 0.828. The lowest BCUT2D eigenvalue weighted by Crippen LogP contribution is -2.05. The molecule has 0 aliphatic rings. The minimum atomic E-state index is -2.96. The third-order valence-corrected chi connectivity index (χ3v) is 1.52. The second-order valence-electron chi connectivity index (χ2n) is 2.15. The fraction of sp³-hybridized carbons (Fsp3) is 0.125. The molecule has 0 atom stereocenters. The van der Waals surface area contributed by atoms with Gasteiger partial charge in [0.15, 0.2) is 0 Å². The van der Waals surface area contributed by atoms with Gasteiger partial charge in [-0.25, -0.2) is 0 Å². The first-order chi connectivity index (χ1) is 6.11. The van der Waals surface area contributed by atoms with Crippen LogP contribution in [0.15, 0.2) is 24.3 Å². The van der Waals surface area contributed by atoms with Gasteiger partial charge in [-0.2, -0.15) is 8.78 Å². The number of hydrogen-bond donors (Lipinski definition) is 0. The molecule has 0 saturated heterocycles. The van der Waals surface area contributed by atoms with Gasteiger partial charge in [0.25, 0.3) is 5.24 Å². The number of alkyl halides is 2. The van der Waals surface area contributed by atoms with Crippen LogP contribution in [0.1, 0.15) is 10.4 Å². The van der Waals surface area contributed by atoms with E-state index >= 15 is 0 Å². The molecule has 2 nitrogen and oxygen atoms in total. The van der Waals surface area contributed by atoms with Gasteiger partial charge < -0.3 is 4.74 Å². The number of para-hydroxylation sites is 1. The molecule has 0 aromatic heterocycles. The zero-order chi connectivity index (χ0) is 9.84. The minimum absolute atomic E-state index is 0.0653. The molecule has 1 rings (SSSR count). The molecule has 0 saturated carbocycles. The standard InChI is InChI=1S/C8H5ClF2O2/c9-7(12)5-3-1-2-4-6(5)13-8(10)11/h1-4,8H. The Labute approximate surface area is 78.1 Å². The summed E-state index contributed by atoms with van der Waals surface area (Å²) < 4.78 is 27.6. The Morgan fingerprint density at radius 2 is 2.00 bits per heavy atom. The summed E-state index contributed by atoms with van der Waals surface area (Å²) in [6.45, 7) is -2.96. The Morgan fingerprint density at radius 3 is 2.54 bits per heavy atom. The molecular formula is C8H5ClF2O2. The molecule has 70 valence electrons. The van der Waals surface area contributed by atoms with Crippen molar-refractivity contribution in [3.8, 4) is 5.75 Å². The summed E-state index contributed by atoms with van der Waals surface area (Å²) in [6.07, 6.45) is 0. The number of carbonyl (C=O) groups excluding carboxylic acids is 1. The van der Waals surface area contributed by atoms with Crippen LogP contribution in [0.4, 0.5) is 8.78 Å². The normalized spacial score (nSPS) is 10.2. The van der Waals surface area contributed by atoms with Crippen molar-refractivity contribution in [3.05, 3.63) is 29.8 Å². The zero-order valence-corrected chi connectivity index (χ0v) is 7.09. The number of halogens is 3. The van der Waals surface area contributed by atoms with Gasteiger partial charge in [-0.05, 0) is 23.7 Å². The zero-order valence-electron chi connectivity index (χ0n) is 6.34. The van der Waals surface area contributed by atoms with Gasteiger partial charge in [0.05, 0.1) is 5.56 Å².